The van der Waals surface area contributed by atoms with Crippen molar-refractivity contribution in [1.82, 2.24) is 20.2 Å². The second-order valence-electron chi connectivity index (χ2n) is 6.68. The molecule has 6 nitrogen and oxygen atoms in total. The Morgan fingerprint density at radius 2 is 1.74 bits per heavy atom. The van der Waals surface area contributed by atoms with Crippen LogP contribution < -0.4 is 5.32 Å². The number of nitrogens with one attached hydrogen (secondary N) is 1. The molecular formula is C23H16ClN5OS. The number of thioether (sulfide) groups is 1. The summed E-state index contributed by atoms with van der Waals surface area (Å²) in [6, 6.07) is 21.5. The van der Waals surface area contributed by atoms with Gasteiger partial charge in [-0.3, -0.25) is 4.98 Å². The molecule has 0 fully saturated rings. The largest absolute Gasteiger partial charge is 0.403 e. The molecule has 0 amide bonds. The Balaban J connectivity index is 1.37. The molecule has 152 valence electrons. The van der Waals surface area contributed by atoms with Gasteiger partial charge in [-0.25, -0.2) is 4.98 Å². The van der Waals surface area contributed by atoms with Gasteiger partial charge in [0.25, 0.3) is 5.89 Å². The molecule has 0 radical (unpaired) electrons. The van der Waals surface area contributed by atoms with Crippen molar-refractivity contribution in [3.8, 4) is 11.5 Å². The van der Waals surface area contributed by atoms with Gasteiger partial charge in [0.1, 0.15) is 5.03 Å². The van der Waals surface area contributed by atoms with Crippen molar-refractivity contribution >= 4 is 46.0 Å². The number of rotatable bonds is 6. The zero-order chi connectivity index (χ0) is 21.0. The number of anilines is 2. The third-order valence-corrected chi connectivity index (χ3v) is 5.93. The number of pyridine rings is 2. The van der Waals surface area contributed by atoms with E-state index in [0.29, 0.717) is 16.9 Å². The first kappa shape index (κ1) is 19.5. The lowest BCUT2D eigenvalue weighted by atomic mass is 10.1. The topological polar surface area (TPSA) is 76.7 Å². The Morgan fingerprint density at radius 3 is 2.65 bits per heavy atom. The maximum atomic E-state index is 5.93. The molecule has 0 spiro atoms. The fraction of sp³-hybridized carbons (Fsp3) is 0.0435. The molecule has 0 atom stereocenters. The van der Waals surface area contributed by atoms with Gasteiger partial charge >= 0.3 is 6.01 Å². The maximum absolute atomic E-state index is 5.93. The summed E-state index contributed by atoms with van der Waals surface area (Å²) in [5.74, 6) is 1.16. The van der Waals surface area contributed by atoms with Crippen LogP contribution >= 0.6 is 23.4 Å². The van der Waals surface area contributed by atoms with E-state index >= 15 is 0 Å². The van der Waals surface area contributed by atoms with Crippen molar-refractivity contribution in [3.05, 3.63) is 89.7 Å². The summed E-state index contributed by atoms with van der Waals surface area (Å²) in [5, 5.41) is 14.0. The quantitative estimate of drug-likeness (QED) is 0.304. The Morgan fingerprint density at radius 1 is 0.871 bits per heavy atom. The lowest BCUT2D eigenvalue weighted by Gasteiger charge is -2.07. The fourth-order valence-electron chi connectivity index (χ4n) is 3.13. The molecule has 3 aromatic heterocycles. The zero-order valence-electron chi connectivity index (χ0n) is 16.2. The normalized spacial score (nSPS) is 11.0. The minimum absolute atomic E-state index is 0.303. The van der Waals surface area contributed by atoms with E-state index in [1.807, 2.05) is 54.7 Å². The van der Waals surface area contributed by atoms with Gasteiger partial charge in [-0.05, 0) is 54.1 Å². The smallest absolute Gasteiger partial charge is 0.320 e. The molecular weight excluding hydrogens is 430 g/mol. The van der Waals surface area contributed by atoms with Crippen LogP contribution in [0.4, 0.5) is 11.7 Å². The Labute approximate surface area is 187 Å². The van der Waals surface area contributed by atoms with Gasteiger partial charge in [0.05, 0.1) is 11.1 Å². The van der Waals surface area contributed by atoms with Crippen LogP contribution in [0.15, 0.2) is 88.6 Å². The zero-order valence-corrected chi connectivity index (χ0v) is 17.8. The number of nitrogens with zero attached hydrogens (tertiary/aromatic N) is 4. The van der Waals surface area contributed by atoms with Gasteiger partial charge in [-0.1, -0.05) is 34.9 Å². The first-order chi connectivity index (χ1) is 15.3. The van der Waals surface area contributed by atoms with Gasteiger partial charge in [-0.2, -0.15) is 0 Å². The summed E-state index contributed by atoms with van der Waals surface area (Å²) >= 11 is 7.55. The molecule has 0 saturated carbocycles. The minimum Gasteiger partial charge on any atom is -0.403 e. The molecule has 5 aromatic rings. The van der Waals surface area contributed by atoms with Crippen LogP contribution in [0.2, 0.25) is 5.02 Å². The number of hydrogen-bond donors (Lipinski definition) is 1. The second-order valence-corrected chi connectivity index (χ2v) is 8.08. The maximum Gasteiger partial charge on any atom is 0.320 e. The van der Waals surface area contributed by atoms with E-state index in [-0.39, 0.29) is 0 Å². The number of fused-ring (bicyclic) bond motifs is 1. The van der Waals surface area contributed by atoms with Crippen molar-refractivity contribution in [2.45, 2.75) is 10.8 Å². The third-order valence-electron chi connectivity index (χ3n) is 4.63. The van der Waals surface area contributed by atoms with Gasteiger partial charge in [0.2, 0.25) is 0 Å². The monoisotopic (exact) mass is 445 g/mol. The number of hydrogen-bond acceptors (Lipinski definition) is 7. The predicted octanol–water partition coefficient (Wildman–Crippen LogP) is 6.37. The predicted molar refractivity (Wildman–Crippen MR) is 124 cm³/mol. The first-order valence-electron chi connectivity index (χ1n) is 9.53. The van der Waals surface area contributed by atoms with Crippen LogP contribution in [0.5, 0.6) is 0 Å². The van der Waals surface area contributed by atoms with Gasteiger partial charge < -0.3 is 9.73 Å². The summed E-state index contributed by atoms with van der Waals surface area (Å²) in [6.45, 7) is 0. The summed E-state index contributed by atoms with van der Waals surface area (Å²) in [5.41, 5.74) is 3.78. The van der Waals surface area contributed by atoms with E-state index in [0.717, 1.165) is 32.9 Å². The highest BCUT2D eigenvalue weighted by atomic mass is 35.5. The molecule has 0 saturated heterocycles. The standard InChI is InChI=1S/C23H16ClN5OS/c24-16-7-9-17(10-8-16)27-23-29-28-21(30-23)19-5-3-12-26-22(19)31-14-15-11-13-25-20-6-2-1-4-18(15)20/h1-13H,14H2,(H,27,29). The summed E-state index contributed by atoms with van der Waals surface area (Å²) in [4.78, 5) is 8.97. The van der Waals surface area contributed by atoms with Crippen LogP contribution in [0.1, 0.15) is 5.56 Å². The van der Waals surface area contributed by atoms with Gasteiger partial charge in [-0.15, -0.1) is 16.9 Å². The van der Waals surface area contributed by atoms with Gasteiger partial charge in [0, 0.05) is 34.2 Å². The van der Waals surface area contributed by atoms with Crippen molar-refractivity contribution in [2.75, 3.05) is 5.32 Å². The van der Waals surface area contributed by atoms with E-state index < -0.39 is 0 Å². The average Bonchev–Trinajstić information content (AvgIpc) is 3.27. The fourth-order valence-corrected chi connectivity index (χ4v) is 4.25. The van der Waals surface area contributed by atoms with E-state index in [9.17, 15) is 0 Å². The summed E-state index contributed by atoms with van der Waals surface area (Å²) < 4.78 is 5.84. The molecule has 3 heterocycles. The van der Waals surface area contributed by atoms with Gasteiger partial charge in [0.15, 0.2) is 0 Å². The molecule has 2 aromatic carbocycles. The van der Waals surface area contributed by atoms with E-state index in [2.05, 4.69) is 31.5 Å². The molecule has 0 aliphatic rings. The molecule has 8 heteroatoms. The molecule has 1 N–H and O–H groups in total. The lowest BCUT2D eigenvalue weighted by Crippen LogP contribution is -1.90. The van der Waals surface area contributed by atoms with Crippen molar-refractivity contribution in [1.29, 1.82) is 0 Å². The van der Waals surface area contributed by atoms with E-state index in [1.165, 1.54) is 5.56 Å². The number of benzene rings is 2. The van der Waals surface area contributed by atoms with Crippen molar-refractivity contribution < 1.29 is 4.42 Å². The third kappa shape index (κ3) is 4.38. The average molecular weight is 446 g/mol. The summed E-state index contributed by atoms with van der Waals surface area (Å²) in [6.07, 6.45) is 3.60. The number of aromatic nitrogens is 4. The van der Waals surface area contributed by atoms with Crippen LogP contribution in [0.3, 0.4) is 0 Å². The molecule has 0 unspecified atom stereocenters. The molecule has 0 aliphatic carbocycles. The Hall–Kier alpha value is -3.42. The van der Waals surface area contributed by atoms with E-state index in [4.69, 9.17) is 16.0 Å². The molecule has 31 heavy (non-hydrogen) atoms. The Kier molecular flexibility index (Phi) is 5.52. The van der Waals surface area contributed by atoms with Crippen LogP contribution in [-0.2, 0) is 5.75 Å². The molecule has 0 aliphatic heterocycles. The number of para-hydroxylation sites is 1. The van der Waals surface area contributed by atoms with Crippen LogP contribution in [0, 0.1) is 0 Å². The highest BCUT2D eigenvalue weighted by Gasteiger charge is 2.15. The van der Waals surface area contributed by atoms with Crippen LogP contribution in [-0.4, -0.2) is 20.2 Å². The number of halogens is 1. The van der Waals surface area contributed by atoms with Crippen molar-refractivity contribution in [2.24, 2.45) is 0 Å². The summed E-state index contributed by atoms with van der Waals surface area (Å²) in [7, 11) is 0. The SMILES string of the molecule is Clc1ccc(Nc2nnc(-c3cccnc3SCc3ccnc4ccccc34)o2)cc1. The highest BCUT2D eigenvalue weighted by Crippen LogP contribution is 2.33. The van der Waals surface area contributed by atoms with E-state index in [1.54, 1.807) is 30.1 Å². The molecule has 0 bridgehead atoms. The molecule has 5 rings (SSSR count). The lowest BCUT2D eigenvalue weighted by molar-refractivity contribution is 0.585. The highest BCUT2D eigenvalue weighted by molar-refractivity contribution is 7.98. The Bertz CT molecular complexity index is 1330. The van der Waals surface area contributed by atoms with Crippen LogP contribution in [0.25, 0.3) is 22.4 Å². The first-order valence-corrected chi connectivity index (χ1v) is 10.9. The van der Waals surface area contributed by atoms with Crippen molar-refractivity contribution in [3.63, 3.8) is 0 Å². The second kappa shape index (κ2) is 8.75. The minimum atomic E-state index is 0.303.